The number of benzene rings is 1. The zero-order chi connectivity index (χ0) is 17.3. The molecule has 5 heteroatoms. The largest absolute Gasteiger partial charge is 0.361 e. The number of nitrogens with zero attached hydrogens (tertiary/aromatic N) is 2. The van der Waals surface area contributed by atoms with Gasteiger partial charge in [0.15, 0.2) is 0 Å². The molecule has 1 aromatic heterocycles. The van der Waals surface area contributed by atoms with Crippen molar-refractivity contribution in [2.75, 3.05) is 12.3 Å². The number of hydrogen-bond acceptors (Lipinski definition) is 4. The lowest BCUT2D eigenvalue weighted by Crippen LogP contribution is -2.45. The third-order valence-electron chi connectivity index (χ3n) is 4.81. The predicted molar refractivity (Wildman–Crippen MR) is 97.2 cm³/mol. The monoisotopic (exact) mass is 344 g/mol. The Bertz CT molecular complexity index is 694. The Hall–Kier alpha value is -1.75. The van der Waals surface area contributed by atoms with Crippen molar-refractivity contribution in [3.8, 4) is 0 Å². The molecule has 3 rings (SSSR count). The summed E-state index contributed by atoms with van der Waals surface area (Å²) in [5.74, 6) is 1.64. The molecule has 1 aliphatic heterocycles. The maximum absolute atomic E-state index is 13.3. The normalized spacial score (nSPS) is 22.4. The standard InChI is InChI=1S/C19H24N2O2S/c1-12(17-13(2)20-23-14(17)3)19(22)21-10-11-24-15(4)18(21)16-8-6-5-7-9-16/h5-9,12,15,18H,10-11H2,1-4H3/t12-,15-,18-/m0/s1. The first kappa shape index (κ1) is 17.1. The first-order valence-corrected chi connectivity index (χ1v) is 9.45. The van der Waals surface area contributed by atoms with Gasteiger partial charge < -0.3 is 9.42 Å². The van der Waals surface area contributed by atoms with Gasteiger partial charge in [0, 0.05) is 23.1 Å². The Morgan fingerprint density at radius 3 is 2.67 bits per heavy atom. The van der Waals surface area contributed by atoms with Crippen molar-refractivity contribution in [3.05, 3.63) is 52.9 Å². The fourth-order valence-electron chi connectivity index (χ4n) is 3.65. The van der Waals surface area contributed by atoms with E-state index in [0.717, 1.165) is 29.3 Å². The molecule has 4 nitrogen and oxygen atoms in total. The minimum absolute atomic E-state index is 0.111. The summed E-state index contributed by atoms with van der Waals surface area (Å²) in [5.41, 5.74) is 2.94. The molecule has 1 aliphatic rings. The fraction of sp³-hybridized carbons (Fsp3) is 0.474. The molecule has 0 N–H and O–H groups in total. The van der Waals surface area contributed by atoms with Crippen LogP contribution in [0.15, 0.2) is 34.9 Å². The van der Waals surface area contributed by atoms with E-state index < -0.39 is 0 Å². The molecule has 3 atom stereocenters. The molecule has 1 fully saturated rings. The van der Waals surface area contributed by atoms with E-state index >= 15 is 0 Å². The molecule has 1 amide bonds. The van der Waals surface area contributed by atoms with Crippen LogP contribution in [-0.2, 0) is 4.79 Å². The lowest BCUT2D eigenvalue weighted by molar-refractivity contribution is -0.135. The van der Waals surface area contributed by atoms with Crippen molar-refractivity contribution in [1.29, 1.82) is 0 Å². The molecule has 0 saturated carbocycles. The quantitative estimate of drug-likeness (QED) is 0.841. The highest BCUT2D eigenvalue weighted by Gasteiger charge is 2.36. The van der Waals surface area contributed by atoms with Gasteiger partial charge in [-0.1, -0.05) is 42.4 Å². The van der Waals surface area contributed by atoms with Crippen molar-refractivity contribution < 1.29 is 9.32 Å². The molecule has 0 aliphatic carbocycles. The van der Waals surface area contributed by atoms with Crippen LogP contribution in [0.1, 0.15) is 48.4 Å². The van der Waals surface area contributed by atoms with Crippen LogP contribution < -0.4 is 0 Å². The van der Waals surface area contributed by atoms with Crippen LogP contribution in [0.2, 0.25) is 0 Å². The van der Waals surface area contributed by atoms with E-state index in [1.54, 1.807) is 0 Å². The summed E-state index contributed by atoms with van der Waals surface area (Å²) in [7, 11) is 0. The molecular formula is C19H24N2O2S. The van der Waals surface area contributed by atoms with E-state index in [4.69, 9.17) is 4.52 Å². The van der Waals surface area contributed by atoms with Crippen molar-refractivity contribution in [1.82, 2.24) is 10.1 Å². The SMILES string of the molecule is Cc1noc(C)c1[C@H](C)C(=O)N1CCS[C@@H](C)[C@H]1c1ccccc1. The predicted octanol–water partition coefficient (Wildman–Crippen LogP) is 4.10. The highest BCUT2D eigenvalue weighted by atomic mass is 32.2. The lowest BCUT2D eigenvalue weighted by atomic mass is 9.95. The second-order valence-corrected chi connectivity index (χ2v) is 7.91. The molecule has 128 valence electrons. The lowest BCUT2D eigenvalue weighted by Gasteiger charge is -2.41. The Kier molecular flexibility index (Phi) is 4.99. The average molecular weight is 344 g/mol. The van der Waals surface area contributed by atoms with Gasteiger partial charge in [-0.3, -0.25) is 4.79 Å². The zero-order valence-corrected chi connectivity index (χ0v) is 15.5. The molecule has 0 bridgehead atoms. The van der Waals surface area contributed by atoms with Gasteiger partial charge in [-0.2, -0.15) is 11.8 Å². The summed E-state index contributed by atoms with van der Waals surface area (Å²) in [6, 6.07) is 10.5. The number of aromatic nitrogens is 1. The Morgan fingerprint density at radius 1 is 1.33 bits per heavy atom. The zero-order valence-electron chi connectivity index (χ0n) is 14.7. The van der Waals surface area contributed by atoms with Crippen LogP contribution in [0.5, 0.6) is 0 Å². The second-order valence-electron chi connectivity index (χ2n) is 6.42. The number of carbonyl (C=O) groups is 1. The maximum Gasteiger partial charge on any atom is 0.230 e. The third-order valence-corrected chi connectivity index (χ3v) is 6.01. The molecule has 0 unspecified atom stereocenters. The number of amides is 1. The smallest absolute Gasteiger partial charge is 0.230 e. The molecule has 0 radical (unpaired) electrons. The van der Waals surface area contributed by atoms with Gasteiger partial charge in [-0.25, -0.2) is 0 Å². The summed E-state index contributed by atoms with van der Waals surface area (Å²) in [6.07, 6.45) is 0. The van der Waals surface area contributed by atoms with Crippen LogP contribution in [0.3, 0.4) is 0 Å². The molecule has 1 aromatic carbocycles. The second kappa shape index (κ2) is 7.01. The minimum atomic E-state index is -0.238. The number of hydrogen-bond donors (Lipinski definition) is 0. The highest BCUT2D eigenvalue weighted by molar-refractivity contribution is 8.00. The van der Waals surface area contributed by atoms with Crippen LogP contribution in [0, 0.1) is 13.8 Å². The highest BCUT2D eigenvalue weighted by Crippen LogP contribution is 2.38. The van der Waals surface area contributed by atoms with Gasteiger partial charge in [-0.15, -0.1) is 0 Å². The Labute approximate surface area is 147 Å². The van der Waals surface area contributed by atoms with Crippen molar-refractivity contribution in [2.45, 2.75) is 44.9 Å². The molecule has 2 aromatic rings. The van der Waals surface area contributed by atoms with Crippen molar-refractivity contribution in [2.24, 2.45) is 0 Å². The number of rotatable bonds is 3. The molecule has 24 heavy (non-hydrogen) atoms. The first-order valence-electron chi connectivity index (χ1n) is 8.40. The summed E-state index contributed by atoms with van der Waals surface area (Å²) in [5, 5.41) is 4.38. The van der Waals surface area contributed by atoms with E-state index in [-0.39, 0.29) is 17.9 Å². The first-order chi connectivity index (χ1) is 11.5. The van der Waals surface area contributed by atoms with Crippen LogP contribution in [-0.4, -0.2) is 33.5 Å². The molecule has 2 heterocycles. The number of aryl methyl sites for hydroxylation is 2. The molecule has 0 spiro atoms. The van der Waals surface area contributed by atoms with Gasteiger partial charge >= 0.3 is 0 Å². The molecular weight excluding hydrogens is 320 g/mol. The average Bonchev–Trinajstić information content (AvgIpc) is 2.92. The Balaban J connectivity index is 1.92. The van der Waals surface area contributed by atoms with E-state index in [1.807, 2.05) is 55.6 Å². The third kappa shape index (κ3) is 3.09. The summed E-state index contributed by atoms with van der Waals surface area (Å²) in [6.45, 7) is 8.73. The maximum atomic E-state index is 13.3. The summed E-state index contributed by atoms with van der Waals surface area (Å²) >= 11 is 1.93. The van der Waals surface area contributed by atoms with E-state index in [0.29, 0.717) is 5.25 Å². The van der Waals surface area contributed by atoms with Gasteiger partial charge in [0.05, 0.1) is 17.7 Å². The van der Waals surface area contributed by atoms with Crippen LogP contribution in [0.4, 0.5) is 0 Å². The Morgan fingerprint density at radius 2 is 2.04 bits per heavy atom. The van der Waals surface area contributed by atoms with E-state index in [1.165, 1.54) is 5.56 Å². The number of carbonyl (C=O) groups excluding carboxylic acids is 1. The van der Waals surface area contributed by atoms with Gasteiger partial charge in [0.2, 0.25) is 5.91 Å². The van der Waals surface area contributed by atoms with E-state index in [2.05, 4.69) is 24.2 Å². The van der Waals surface area contributed by atoms with E-state index in [9.17, 15) is 4.79 Å². The van der Waals surface area contributed by atoms with Gasteiger partial charge in [0.1, 0.15) is 5.76 Å². The van der Waals surface area contributed by atoms with Crippen molar-refractivity contribution in [3.63, 3.8) is 0 Å². The fourth-order valence-corrected chi connectivity index (χ4v) is 4.81. The minimum Gasteiger partial charge on any atom is -0.361 e. The summed E-state index contributed by atoms with van der Waals surface area (Å²) < 4.78 is 5.26. The van der Waals surface area contributed by atoms with Crippen molar-refractivity contribution >= 4 is 17.7 Å². The van der Waals surface area contributed by atoms with Gasteiger partial charge in [0.25, 0.3) is 0 Å². The molecule has 1 saturated heterocycles. The topological polar surface area (TPSA) is 46.3 Å². The summed E-state index contributed by atoms with van der Waals surface area (Å²) in [4.78, 5) is 15.3. The van der Waals surface area contributed by atoms with Crippen LogP contribution in [0.25, 0.3) is 0 Å². The van der Waals surface area contributed by atoms with Crippen LogP contribution >= 0.6 is 11.8 Å². The van der Waals surface area contributed by atoms with Gasteiger partial charge in [-0.05, 0) is 26.3 Å². The number of thioether (sulfide) groups is 1.